The van der Waals surface area contributed by atoms with Crippen LogP contribution in [0.15, 0.2) is 66.7 Å². The zero-order valence-electron chi connectivity index (χ0n) is 16.2. The lowest BCUT2D eigenvalue weighted by Gasteiger charge is -2.13. The first-order chi connectivity index (χ1) is 14.4. The predicted molar refractivity (Wildman–Crippen MR) is 115 cm³/mol. The topological polar surface area (TPSA) is 84.9 Å². The zero-order valence-corrected chi connectivity index (χ0v) is 17.0. The predicted octanol–water partition coefficient (Wildman–Crippen LogP) is 4.81. The zero-order chi connectivity index (χ0) is 21.5. The number of carbonyl (C=O) groups is 2. The van der Waals surface area contributed by atoms with Gasteiger partial charge in [0.05, 0.1) is 19.1 Å². The summed E-state index contributed by atoms with van der Waals surface area (Å²) in [6.07, 6.45) is 0.0236. The van der Waals surface area contributed by atoms with E-state index < -0.39 is 5.97 Å². The summed E-state index contributed by atoms with van der Waals surface area (Å²) in [5.74, 6) is -0.0662. The summed E-state index contributed by atoms with van der Waals surface area (Å²) in [7, 11) is 1.61. The van der Waals surface area contributed by atoms with Crippen LogP contribution < -0.4 is 14.8 Å². The van der Waals surface area contributed by atoms with Gasteiger partial charge in [-0.15, -0.1) is 0 Å². The molecule has 0 spiro atoms. The third-order valence-electron chi connectivity index (χ3n) is 4.32. The van der Waals surface area contributed by atoms with Gasteiger partial charge in [0.25, 0.3) is 0 Å². The molecule has 0 fully saturated rings. The Kier molecular flexibility index (Phi) is 6.93. The van der Waals surface area contributed by atoms with Gasteiger partial charge in [-0.1, -0.05) is 29.8 Å². The number of carboxylic acid groups (broad SMARTS) is 1. The van der Waals surface area contributed by atoms with Crippen molar-refractivity contribution in [3.63, 3.8) is 0 Å². The molecule has 0 aliphatic rings. The first-order valence-electron chi connectivity index (χ1n) is 9.12. The molecule has 0 unspecified atom stereocenters. The van der Waals surface area contributed by atoms with E-state index in [0.29, 0.717) is 28.6 Å². The molecule has 0 saturated carbocycles. The molecule has 3 aromatic rings. The number of carbonyl (C=O) groups excluding carboxylic acids is 1. The second-order valence-corrected chi connectivity index (χ2v) is 6.94. The van der Waals surface area contributed by atoms with E-state index in [1.165, 1.54) is 12.1 Å². The largest absolute Gasteiger partial charge is 0.497 e. The Balaban J connectivity index is 1.69. The van der Waals surface area contributed by atoms with Crippen molar-refractivity contribution in [2.45, 2.75) is 13.0 Å². The maximum Gasteiger partial charge on any atom is 0.335 e. The van der Waals surface area contributed by atoms with Crippen LogP contribution in [0.25, 0.3) is 0 Å². The molecule has 0 aliphatic carbocycles. The molecule has 2 N–H and O–H groups in total. The van der Waals surface area contributed by atoms with Crippen molar-refractivity contribution in [2.75, 3.05) is 12.4 Å². The molecular weight excluding hydrogens is 406 g/mol. The van der Waals surface area contributed by atoms with Crippen molar-refractivity contribution < 1.29 is 24.2 Å². The molecule has 0 aromatic heterocycles. The Bertz CT molecular complexity index is 1050. The molecular formula is C23H20ClNO5. The molecule has 7 heteroatoms. The first-order valence-corrected chi connectivity index (χ1v) is 9.50. The fraction of sp³-hybridized carbons (Fsp3) is 0.130. The van der Waals surface area contributed by atoms with Crippen molar-refractivity contribution in [3.05, 3.63) is 88.4 Å². The number of methoxy groups -OCH3 is 1. The molecule has 0 heterocycles. The number of ether oxygens (including phenoxy) is 2. The number of nitrogens with one attached hydrogen (secondary N) is 1. The van der Waals surface area contributed by atoms with E-state index in [1.54, 1.807) is 37.4 Å². The van der Waals surface area contributed by atoms with Gasteiger partial charge in [0, 0.05) is 16.3 Å². The van der Waals surface area contributed by atoms with Crippen LogP contribution in [0.5, 0.6) is 11.5 Å². The van der Waals surface area contributed by atoms with Crippen LogP contribution in [0.4, 0.5) is 5.69 Å². The average molecular weight is 426 g/mol. The summed E-state index contributed by atoms with van der Waals surface area (Å²) < 4.78 is 11.0. The summed E-state index contributed by atoms with van der Waals surface area (Å²) in [6, 6.07) is 18.7. The normalized spacial score (nSPS) is 10.3. The summed E-state index contributed by atoms with van der Waals surface area (Å²) in [4.78, 5) is 23.6. The van der Waals surface area contributed by atoms with Gasteiger partial charge in [0.2, 0.25) is 5.91 Å². The number of hydrogen-bond acceptors (Lipinski definition) is 4. The first kappa shape index (κ1) is 21.2. The van der Waals surface area contributed by atoms with E-state index in [4.69, 9.17) is 26.2 Å². The lowest BCUT2D eigenvalue weighted by molar-refractivity contribution is -0.115. The van der Waals surface area contributed by atoms with Gasteiger partial charge in [0.15, 0.2) is 0 Å². The van der Waals surface area contributed by atoms with E-state index in [2.05, 4.69) is 5.32 Å². The number of amides is 1. The van der Waals surface area contributed by atoms with Gasteiger partial charge in [-0.3, -0.25) is 4.79 Å². The van der Waals surface area contributed by atoms with E-state index in [-0.39, 0.29) is 17.9 Å². The van der Waals surface area contributed by atoms with Crippen molar-refractivity contribution in [2.24, 2.45) is 0 Å². The minimum atomic E-state index is -1.06. The fourth-order valence-corrected chi connectivity index (χ4v) is 3.01. The van der Waals surface area contributed by atoms with Crippen molar-refractivity contribution in [3.8, 4) is 11.5 Å². The molecule has 3 rings (SSSR count). The van der Waals surface area contributed by atoms with E-state index in [1.807, 2.05) is 24.3 Å². The van der Waals surface area contributed by atoms with Gasteiger partial charge >= 0.3 is 5.97 Å². The summed E-state index contributed by atoms with van der Waals surface area (Å²) in [6.45, 7) is 0.320. The maximum absolute atomic E-state index is 12.5. The standard InChI is InChI=1S/C23H20ClNO5/c1-29-20-8-5-15(6-9-20)14-30-21-10-7-18(24)11-17(21)13-22(26)25-19-4-2-3-16(12-19)23(27)28/h2-12H,13-14H2,1H3,(H,25,26)(H,27,28). The van der Waals surface area contributed by atoms with Gasteiger partial charge in [-0.05, 0) is 54.1 Å². The number of anilines is 1. The van der Waals surface area contributed by atoms with Crippen LogP contribution in [0.1, 0.15) is 21.5 Å². The molecule has 0 aliphatic heterocycles. The smallest absolute Gasteiger partial charge is 0.335 e. The number of halogens is 1. The van der Waals surface area contributed by atoms with Gasteiger partial charge in [-0.2, -0.15) is 0 Å². The Morgan fingerprint density at radius 1 is 1.03 bits per heavy atom. The molecule has 3 aromatic carbocycles. The second kappa shape index (κ2) is 9.80. The van der Waals surface area contributed by atoms with Crippen molar-refractivity contribution in [1.29, 1.82) is 0 Å². The van der Waals surface area contributed by atoms with Crippen molar-refractivity contribution >= 4 is 29.2 Å². The number of aromatic carboxylic acids is 1. The number of rotatable bonds is 8. The van der Waals surface area contributed by atoms with Gasteiger partial charge in [0.1, 0.15) is 18.1 Å². The molecule has 0 bridgehead atoms. The number of carboxylic acids is 1. The molecule has 6 nitrogen and oxygen atoms in total. The molecule has 0 saturated heterocycles. The van der Waals surface area contributed by atoms with E-state index >= 15 is 0 Å². The van der Waals surface area contributed by atoms with Crippen LogP contribution in [0.2, 0.25) is 5.02 Å². The highest BCUT2D eigenvalue weighted by Gasteiger charge is 2.12. The highest BCUT2D eigenvalue weighted by Crippen LogP contribution is 2.25. The van der Waals surface area contributed by atoms with Crippen LogP contribution in [-0.2, 0) is 17.8 Å². The quantitative estimate of drug-likeness (QED) is 0.541. The van der Waals surface area contributed by atoms with Crippen LogP contribution in [0.3, 0.4) is 0 Å². The summed E-state index contributed by atoms with van der Waals surface area (Å²) in [5.41, 5.74) is 2.08. The molecule has 1 amide bonds. The van der Waals surface area contributed by atoms with E-state index in [9.17, 15) is 9.59 Å². The summed E-state index contributed by atoms with van der Waals surface area (Å²) in [5, 5.41) is 12.3. The fourth-order valence-electron chi connectivity index (χ4n) is 2.82. The Hall–Kier alpha value is -3.51. The van der Waals surface area contributed by atoms with E-state index in [0.717, 1.165) is 11.3 Å². The number of benzene rings is 3. The third-order valence-corrected chi connectivity index (χ3v) is 4.56. The Morgan fingerprint density at radius 2 is 1.80 bits per heavy atom. The molecule has 0 atom stereocenters. The lowest BCUT2D eigenvalue weighted by Crippen LogP contribution is -2.15. The van der Waals surface area contributed by atoms with Gasteiger partial charge in [-0.25, -0.2) is 4.79 Å². The SMILES string of the molecule is COc1ccc(COc2ccc(Cl)cc2CC(=O)Nc2cccc(C(=O)O)c2)cc1. The highest BCUT2D eigenvalue weighted by molar-refractivity contribution is 6.30. The van der Waals surface area contributed by atoms with Crippen LogP contribution in [0, 0.1) is 0 Å². The monoisotopic (exact) mass is 425 g/mol. The molecule has 154 valence electrons. The Morgan fingerprint density at radius 3 is 2.50 bits per heavy atom. The van der Waals surface area contributed by atoms with Crippen LogP contribution >= 0.6 is 11.6 Å². The highest BCUT2D eigenvalue weighted by atomic mass is 35.5. The second-order valence-electron chi connectivity index (χ2n) is 6.50. The third kappa shape index (κ3) is 5.75. The minimum Gasteiger partial charge on any atom is -0.497 e. The minimum absolute atomic E-state index is 0.0236. The van der Waals surface area contributed by atoms with Gasteiger partial charge < -0.3 is 19.9 Å². The number of hydrogen-bond donors (Lipinski definition) is 2. The lowest BCUT2D eigenvalue weighted by atomic mass is 10.1. The molecule has 30 heavy (non-hydrogen) atoms. The maximum atomic E-state index is 12.5. The molecule has 0 radical (unpaired) electrons. The summed E-state index contributed by atoms with van der Waals surface area (Å²) >= 11 is 6.10. The average Bonchev–Trinajstić information content (AvgIpc) is 2.73. The van der Waals surface area contributed by atoms with Crippen molar-refractivity contribution in [1.82, 2.24) is 0 Å². The van der Waals surface area contributed by atoms with Crippen LogP contribution in [-0.4, -0.2) is 24.1 Å². The Labute approximate surface area is 179 Å².